The number of halogens is 1. The highest BCUT2D eigenvalue weighted by Gasteiger charge is 2.24. The number of benzene rings is 1. The first kappa shape index (κ1) is 19.3. The van der Waals surface area contributed by atoms with Gasteiger partial charge in [0.15, 0.2) is 6.54 Å². The molecular formula is C20H23FN3O2S+. The number of carbonyl (C=O) groups is 2. The van der Waals surface area contributed by atoms with E-state index in [9.17, 15) is 14.0 Å². The largest absolute Gasteiger partial charge is 0.328 e. The quantitative estimate of drug-likeness (QED) is 0.764. The van der Waals surface area contributed by atoms with Gasteiger partial charge in [-0.1, -0.05) is 0 Å². The SMILES string of the molecule is Cc1ccc(/C=C/C(=O)N2CC[NH+](CC(=O)Nc3ccc(F)cc3)CC2)s1. The van der Waals surface area contributed by atoms with Gasteiger partial charge in [0, 0.05) is 21.5 Å². The summed E-state index contributed by atoms with van der Waals surface area (Å²) in [7, 11) is 0. The van der Waals surface area contributed by atoms with Crippen LogP contribution in [0, 0.1) is 12.7 Å². The Hall–Kier alpha value is -2.51. The second kappa shape index (κ2) is 8.92. The zero-order valence-electron chi connectivity index (χ0n) is 15.2. The van der Waals surface area contributed by atoms with Gasteiger partial charge in [0.25, 0.3) is 5.91 Å². The molecule has 3 rings (SSSR count). The fourth-order valence-electron chi connectivity index (χ4n) is 2.99. The van der Waals surface area contributed by atoms with Crippen LogP contribution in [0.15, 0.2) is 42.5 Å². The molecule has 142 valence electrons. The first-order chi connectivity index (χ1) is 13.0. The van der Waals surface area contributed by atoms with Crippen LogP contribution in [0.25, 0.3) is 6.08 Å². The molecule has 1 saturated heterocycles. The van der Waals surface area contributed by atoms with Crippen LogP contribution in [0.3, 0.4) is 0 Å². The molecule has 0 saturated carbocycles. The highest BCUT2D eigenvalue weighted by Crippen LogP contribution is 2.16. The Kier molecular flexibility index (Phi) is 6.36. The van der Waals surface area contributed by atoms with Crippen LogP contribution in [0.5, 0.6) is 0 Å². The van der Waals surface area contributed by atoms with Gasteiger partial charge < -0.3 is 15.1 Å². The van der Waals surface area contributed by atoms with Crippen molar-refractivity contribution in [2.24, 2.45) is 0 Å². The molecule has 1 aromatic heterocycles. The topological polar surface area (TPSA) is 53.9 Å². The van der Waals surface area contributed by atoms with E-state index in [1.165, 1.54) is 17.0 Å². The molecule has 0 radical (unpaired) electrons. The number of thiophene rings is 1. The molecule has 1 aromatic carbocycles. The molecule has 0 aliphatic carbocycles. The van der Waals surface area contributed by atoms with E-state index in [-0.39, 0.29) is 17.6 Å². The monoisotopic (exact) mass is 388 g/mol. The Morgan fingerprint density at radius 1 is 1.19 bits per heavy atom. The highest BCUT2D eigenvalue weighted by molar-refractivity contribution is 7.12. The Morgan fingerprint density at radius 3 is 2.52 bits per heavy atom. The van der Waals surface area contributed by atoms with E-state index in [0.29, 0.717) is 25.3 Å². The molecule has 2 aromatic rings. The molecule has 2 N–H and O–H groups in total. The zero-order valence-corrected chi connectivity index (χ0v) is 16.0. The summed E-state index contributed by atoms with van der Waals surface area (Å²) in [6.45, 7) is 5.10. The van der Waals surface area contributed by atoms with E-state index in [1.807, 2.05) is 30.0 Å². The van der Waals surface area contributed by atoms with Gasteiger partial charge >= 0.3 is 0 Å². The van der Waals surface area contributed by atoms with Crippen LogP contribution in [0.4, 0.5) is 10.1 Å². The smallest absolute Gasteiger partial charge is 0.279 e. The Balaban J connectivity index is 1.42. The lowest BCUT2D eigenvalue weighted by molar-refractivity contribution is -0.895. The fourth-order valence-corrected chi connectivity index (χ4v) is 3.77. The van der Waals surface area contributed by atoms with Crippen molar-refractivity contribution in [3.05, 3.63) is 58.0 Å². The minimum Gasteiger partial charge on any atom is -0.328 e. The summed E-state index contributed by atoms with van der Waals surface area (Å²) in [6.07, 6.45) is 3.48. The van der Waals surface area contributed by atoms with Crippen molar-refractivity contribution >= 4 is 34.9 Å². The Bertz CT molecular complexity index is 824. The zero-order chi connectivity index (χ0) is 19.2. The number of piperazine rings is 1. The molecule has 0 bridgehead atoms. The summed E-state index contributed by atoms with van der Waals surface area (Å²) in [5.41, 5.74) is 0.587. The number of hydrogen-bond donors (Lipinski definition) is 2. The predicted molar refractivity (Wildman–Crippen MR) is 105 cm³/mol. The maximum Gasteiger partial charge on any atom is 0.279 e. The molecule has 27 heavy (non-hydrogen) atoms. The minimum absolute atomic E-state index is 0.0101. The second-order valence-corrected chi connectivity index (χ2v) is 7.91. The van der Waals surface area contributed by atoms with Gasteiger partial charge in [0.05, 0.1) is 26.2 Å². The molecule has 5 nitrogen and oxygen atoms in total. The van der Waals surface area contributed by atoms with Gasteiger partial charge in [-0.2, -0.15) is 0 Å². The average Bonchev–Trinajstić information content (AvgIpc) is 3.07. The van der Waals surface area contributed by atoms with E-state index >= 15 is 0 Å². The third-order valence-corrected chi connectivity index (χ3v) is 5.44. The molecule has 0 atom stereocenters. The number of amides is 2. The van der Waals surface area contributed by atoms with Crippen LogP contribution in [0.1, 0.15) is 9.75 Å². The third-order valence-electron chi connectivity index (χ3n) is 4.47. The first-order valence-electron chi connectivity index (χ1n) is 8.92. The Labute approximate surface area is 162 Å². The maximum atomic E-state index is 12.9. The summed E-state index contributed by atoms with van der Waals surface area (Å²) in [4.78, 5) is 29.7. The van der Waals surface area contributed by atoms with Gasteiger partial charge in [-0.05, 0) is 49.4 Å². The fraction of sp³-hybridized carbons (Fsp3) is 0.300. The van der Waals surface area contributed by atoms with Gasteiger partial charge in [-0.3, -0.25) is 9.59 Å². The molecular weight excluding hydrogens is 365 g/mol. The van der Waals surface area contributed by atoms with E-state index in [4.69, 9.17) is 0 Å². The number of aryl methyl sites for hydroxylation is 1. The van der Waals surface area contributed by atoms with E-state index in [0.717, 1.165) is 22.9 Å². The normalized spacial score (nSPS) is 15.3. The molecule has 0 spiro atoms. The number of hydrogen-bond acceptors (Lipinski definition) is 3. The molecule has 2 heterocycles. The van der Waals surface area contributed by atoms with Crippen LogP contribution < -0.4 is 10.2 Å². The van der Waals surface area contributed by atoms with Gasteiger partial charge in [-0.15, -0.1) is 11.3 Å². The number of rotatable bonds is 5. The van der Waals surface area contributed by atoms with Crippen LogP contribution >= 0.6 is 11.3 Å². The van der Waals surface area contributed by atoms with Crippen molar-refractivity contribution in [2.75, 3.05) is 38.0 Å². The number of quaternary nitrogens is 1. The molecule has 1 fully saturated rings. The van der Waals surface area contributed by atoms with E-state index in [2.05, 4.69) is 5.32 Å². The third kappa shape index (κ3) is 5.74. The lowest BCUT2D eigenvalue weighted by atomic mass is 10.2. The lowest BCUT2D eigenvalue weighted by Crippen LogP contribution is -3.15. The van der Waals surface area contributed by atoms with E-state index in [1.54, 1.807) is 29.5 Å². The summed E-state index contributed by atoms with van der Waals surface area (Å²) in [5, 5.41) is 2.77. The summed E-state index contributed by atoms with van der Waals surface area (Å²) in [5.74, 6) is -0.428. The van der Waals surface area contributed by atoms with Crippen molar-refractivity contribution in [2.45, 2.75) is 6.92 Å². The summed E-state index contributed by atoms with van der Waals surface area (Å²) >= 11 is 1.66. The standard InChI is InChI=1S/C20H22FN3O2S/c1-15-2-7-18(27-15)8-9-20(26)24-12-10-23(11-13-24)14-19(25)22-17-5-3-16(21)4-6-17/h2-9H,10-14H2,1H3,(H,22,25)/p+1/b9-8+. The molecule has 7 heteroatoms. The number of carbonyl (C=O) groups excluding carboxylic acids is 2. The molecule has 1 aliphatic rings. The average molecular weight is 388 g/mol. The lowest BCUT2D eigenvalue weighted by Gasteiger charge is -2.31. The molecule has 1 aliphatic heterocycles. The second-order valence-electron chi connectivity index (χ2n) is 6.59. The van der Waals surface area contributed by atoms with Crippen LogP contribution in [-0.4, -0.2) is 49.4 Å². The summed E-state index contributed by atoms with van der Waals surface area (Å²) in [6, 6.07) is 9.76. The van der Waals surface area contributed by atoms with Gasteiger partial charge in [0.2, 0.25) is 5.91 Å². The first-order valence-corrected chi connectivity index (χ1v) is 9.73. The van der Waals surface area contributed by atoms with Crippen molar-refractivity contribution in [1.29, 1.82) is 0 Å². The van der Waals surface area contributed by atoms with Crippen LogP contribution in [-0.2, 0) is 9.59 Å². The van der Waals surface area contributed by atoms with Gasteiger partial charge in [0.1, 0.15) is 5.82 Å². The minimum atomic E-state index is -0.331. The predicted octanol–water partition coefficient (Wildman–Crippen LogP) is 1.57. The van der Waals surface area contributed by atoms with Crippen molar-refractivity contribution < 1.29 is 18.9 Å². The maximum absolute atomic E-state index is 12.9. The van der Waals surface area contributed by atoms with Crippen LogP contribution in [0.2, 0.25) is 0 Å². The molecule has 0 unspecified atom stereocenters. The van der Waals surface area contributed by atoms with Crippen molar-refractivity contribution in [1.82, 2.24) is 4.90 Å². The number of nitrogens with zero attached hydrogens (tertiary/aromatic N) is 1. The van der Waals surface area contributed by atoms with Crippen molar-refractivity contribution in [3.8, 4) is 0 Å². The number of nitrogens with one attached hydrogen (secondary N) is 2. The van der Waals surface area contributed by atoms with E-state index < -0.39 is 0 Å². The summed E-state index contributed by atoms with van der Waals surface area (Å²) < 4.78 is 12.9. The Morgan fingerprint density at radius 2 is 1.89 bits per heavy atom. The van der Waals surface area contributed by atoms with Gasteiger partial charge in [-0.25, -0.2) is 4.39 Å². The highest BCUT2D eigenvalue weighted by atomic mass is 32.1. The number of anilines is 1. The van der Waals surface area contributed by atoms with Crippen molar-refractivity contribution in [3.63, 3.8) is 0 Å². The molecule has 2 amide bonds.